The van der Waals surface area contributed by atoms with Gasteiger partial charge in [0.15, 0.2) is 0 Å². The Labute approximate surface area is 156 Å². The molecule has 1 N–H and O–H groups in total. The molecule has 1 aliphatic rings. The Hall–Kier alpha value is -1.73. The van der Waals surface area contributed by atoms with Crippen LogP contribution in [0.1, 0.15) is 17.5 Å². The molecule has 1 atom stereocenters. The average Bonchev–Trinajstić information content (AvgIpc) is 2.99. The Morgan fingerprint density at radius 2 is 1.46 bits per heavy atom. The summed E-state index contributed by atoms with van der Waals surface area (Å²) in [6, 6.07) is 21.3. The third-order valence-electron chi connectivity index (χ3n) is 4.36. The molecule has 2 aromatic carbocycles. The van der Waals surface area contributed by atoms with Gasteiger partial charge >= 0.3 is 0 Å². The number of hydrogen-bond acceptors (Lipinski definition) is 4. The van der Waals surface area contributed by atoms with Gasteiger partial charge in [-0.15, -0.1) is 0 Å². The van der Waals surface area contributed by atoms with E-state index < -0.39 is 10.1 Å². The summed E-state index contributed by atoms with van der Waals surface area (Å²) in [6.07, 6.45) is 1.81. The topological polar surface area (TPSA) is 66.8 Å². The minimum absolute atomic E-state index is 0.313. The predicted molar refractivity (Wildman–Crippen MR) is 104 cm³/mol. The molecule has 1 fully saturated rings. The molecule has 0 aliphatic carbocycles. The lowest BCUT2D eigenvalue weighted by molar-refractivity contribution is 0.00438. The summed E-state index contributed by atoms with van der Waals surface area (Å²) in [6.45, 7) is 1.85. The zero-order chi connectivity index (χ0) is 19.2. The van der Waals surface area contributed by atoms with Gasteiger partial charge in [0.05, 0.1) is 6.26 Å². The second kappa shape index (κ2) is 8.77. The highest BCUT2D eigenvalue weighted by Crippen LogP contribution is 2.46. The predicted octanol–water partition coefficient (Wildman–Crippen LogP) is 3.03. The van der Waals surface area contributed by atoms with Crippen LogP contribution in [-0.2, 0) is 20.5 Å². The average molecular weight is 378 g/mol. The molecule has 6 heteroatoms. The van der Waals surface area contributed by atoms with Crippen molar-refractivity contribution in [1.82, 2.24) is 4.90 Å². The van der Waals surface area contributed by atoms with E-state index >= 15 is 0 Å². The lowest BCUT2D eigenvalue weighted by Gasteiger charge is -2.37. The highest BCUT2D eigenvalue weighted by Gasteiger charge is 2.47. The van der Waals surface area contributed by atoms with Crippen LogP contribution in [0.4, 0.5) is 0 Å². The number of ether oxygens (including phenoxy) is 1. The molecule has 26 heavy (non-hydrogen) atoms. The van der Waals surface area contributed by atoms with E-state index in [1.165, 1.54) is 11.1 Å². The first-order valence-corrected chi connectivity index (χ1v) is 10.4. The molecule has 1 unspecified atom stereocenters. The molecule has 3 rings (SSSR count). The van der Waals surface area contributed by atoms with Crippen molar-refractivity contribution in [3.05, 3.63) is 71.8 Å². The van der Waals surface area contributed by atoms with Crippen molar-refractivity contribution in [1.29, 1.82) is 0 Å². The highest BCUT2D eigenvalue weighted by molar-refractivity contribution is 7.85. The van der Waals surface area contributed by atoms with E-state index in [2.05, 4.69) is 79.7 Å². The molecule has 0 spiro atoms. The summed E-state index contributed by atoms with van der Waals surface area (Å²) < 4.78 is 32.3. The SMILES string of the molecule is CN(C)CC1CCOC1(c1ccccc1)c1ccccc1.CS(=O)(=O)O. The second-order valence-corrected chi connectivity index (χ2v) is 8.26. The summed E-state index contributed by atoms with van der Waals surface area (Å²) >= 11 is 0. The molecule has 1 aliphatic heterocycles. The van der Waals surface area contributed by atoms with Crippen molar-refractivity contribution in [3.63, 3.8) is 0 Å². The van der Waals surface area contributed by atoms with Gasteiger partial charge in [-0.2, -0.15) is 8.42 Å². The summed E-state index contributed by atoms with van der Waals surface area (Å²) in [5, 5.41) is 0. The summed E-state index contributed by atoms with van der Waals surface area (Å²) in [5.74, 6) is 0.470. The normalized spacial score (nSPS) is 19.0. The Balaban J connectivity index is 0.000000431. The maximum absolute atomic E-state index is 9.19. The van der Waals surface area contributed by atoms with Gasteiger partial charge in [0.1, 0.15) is 5.60 Å². The molecule has 5 nitrogen and oxygen atoms in total. The molecule has 0 saturated carbocycles. The van der Waals surface area contributed by atoms with Gasteiger partial charge in [0, 0.05) is 19.1 Å². The van der Waals surface area contributed by atoms with E-state index in [1.807, 2.05) is 0 Å². The number of hydrogen-bond donors (Lipinski definition) is 1. The molecule has 142 valence electrons. The number of benzene rings is 2. The Kier molecular flexibility index (Phi) is 6.94. The Morgan fingerprint density at radius 3 is 1.85 bits per heavy atom. The van der Waals surface area contributed by atoms with Crippen LogP contribution in [0.2, 0.25) is 0 Å². The monoisotopic (exact) mass is 377 g/mol. The van der Waals surface area contributed by atoms with Crippen LogP contribution in [0.25, 0.3) is 0 Å². The second-order valence-electron chi connectivity index (χ2n) is 6.80. The third kappa shape index (κ3) is 5.38. The van der Waals surface area contributed by atoms with E-state index in [4.69, 9.17) is 9.29 Å². The first kappa shape index (κ1) is 20.6. The fourth-order valence-electron chi connectivity index (χ4n) is 3.52. The third-order valence-corrected chi connectivity index (χ3v) is 4.36. The fraction of sp³-hybridized carbons (Fsp3) is 0.400. The molecule has 1 heterocycles. The lowest BCUT2D eigenvalue weighted by Crippen LogP contribution is -2.39. The highest BCUT2D eigenvalue weighted by atomic mass is 32.2. The minimum Gasteiger partial charge on any atom is -0.365 e. The maximum atomic E-state index is 9.19. The zero-order valence-corrected chi connectivity index (χ0v) is 16.3. The van der Waals surface area contributed by atoms with E-state index in [1.54, 1.807) is 0 Å². The smallest absolute Gasteiger partial charge is 0.261 e. The first-order chi connectivity index (χ1) is 12.2. The van der Waals surface area contributed by atoms with E-state index in [0.29, 0.717) is 12.2 Å². The van der Waals surface area contributed by atoms with Crippen LogP contribution in [-0.4, -0.2) is 51.4 Å². The molecule has 0 radical (unpaired) electrons. The van der Waals surface area contributed by atoms with Crippen molar-refractivity contribution in [2.75, 3.05) is 33.5 Å². The van der Waals surface area contributed by atoms with Gasteiger partial charge < -0.3 is 9.64 Å². The molecular formula is C20H27NO4S. The van der Waals surface area contributed by atoms with Gasteiger partial charge in [-0.3, -0.25) is 4.55 Å². The summed E-state index contributed by atoms with van der Waals surface area (Å²) in [7, 11) is 0.609. The Morgan fingerprint density at radius 1 is 1.04 bits per heavy atom. The van der Waals surface area contributed by atoms with Crippen LogP contribution in [0, 0.1) is 5.92 Å². The van der Waals surface area contributed by atoms with E-state index in [0.717, 1.165) is 19.6 Å². The van der Waals surface area contributed by atoms with Crippen molar-refractivity contribution in [2.24, 2.45) is 5.92 Å². The first-order valence-electron chi connectivity index (χ1n) is 8.55. The molecule has 2 aromatic rings. The largest absolute Gasteiger partial charge is 0.365 e. The van der Waals surface area contributed by atoms with Crippen molar-refractivity contribution in [2.45, 2.75) is 12.0 Å². The quantitative estimate of drug-likeness (QED) is 0.830. The lowest BCUT2D eigenvalue weighted by atomic mass is 9.76. The van der Waals surface area contributed by atoms with Crippen LogP contribution < -0.4 is 0 Å². The molecular weight excluding hydrogens is 350 g/mol. The molecule has 0 aromatic heterocycles. The van der Waals surface area contributed by atoms with Gasteiger partial charge in [-0.25, -0.2) is 0 Å². The van der Waals surface area contributed by atoms with Crippen molar-refractivity contribution >= 4 is 10.1 Å². The van der Waals surface area contributed by atoms with E-state index in [9.17, 15) is 8.42 Å². The van der Waals surface area contributed by atoms with Crippen molar-refractivity contribution in [3.8, 4) is 0 Å². The minimum atomic E-state index is -3.67. The molecule has 1 saturated heterocycles. The van der Waals surface area contributed by atoms with Crippen LogP contribution in [0.15, 0.2) is 60.7 Å². The number of rotatable bonds is 4. The summed E-state index contributed by atoms with van der Waals surface area (Å²) in [4.78, 5) is 2.26. The van der Waals surface area contributed by atoms with Crippen molar-refractivity contribution < 1.29 is 17.7 Å². The zero-order valence-electron chi connectivity index (χ0n) is 15.5. The van der Waals surface area contributed by atoms with Gasteiger partial charge in [0.25, 0.3) is 10.1 Å². The Bertz CT molecular complexity index is 728. The number of nitrogens with zero attached hydrogens (tertiary/aromatic N) is 1. The fourth-order valence-corrected chi connectivity index (χ4v) is 3.52. The standard InChI is InChI=1S/C19H23NO.CH4O3S/c1-20(2)15-18-13-14-21-19(18,16-9-5-3-6-10-16)17-11-7-4-8-12-17;1-5(2,3)4/h3-12,18H,13-15H2,1-2H3;1H3,(H,2,3,4). The molecule has 0 amide bonds. The van der Waals surface area contributed by atoms with Gasteiger partial charge in [-0.1, -0.05) is 60.7 Å². The van der Waals surface area contributed by atoms with Crippen LogP contribution in [0.3, 0.4) is 0 Å². The molecule has 0 bridgehead atoms. The van der Waals surface area contributed by atoms with Gasteiger partial charge in [-0.05, 0) is 31.6 Å². The summed E-state index contributed by atoms with van der Waals surface area (Å²) in [5.41, 5.74) is 2.22. The maximum Gasteiger partial charge on any atom is 0.261 e. The van der Waals surface area contributed by atoms with Crippen LogP contribution >= 0.6 is 0 Å². The van der Waals surface area contributed by atoms with Gasteiger partial charge in [0.2, 0.25) is 0 Å². The van der Waals surface area contributed by atoms with E-state index in [-0.39, 0.29) is 5.60 Å². The van der Waals surface area contributed by atoms with Crippen LogP contribution in [0.5, 0.6) is 0 Å².